The van der Waals surface area contributed by atoms with Crippen molar-refractivity contribution in [2.45, 2.75) is 11.1 Å². The van der Waals surface area contributed by atoms with Crippen LogP contribution < -0.4 is 9.46 Å². The van der Waals surface area contributed by atoms with Crippen molar-refractivity contribution in [1.29, 1.82) is 0 Å². The standard InChI is InChI=1S/C12H12BrNO3S2/c1-8-3-4-9(10(7-8)17-2)14-19(15,16)12-6-5-11(13)18-12/h3-7,14H,1-2H3. The fourth-order valence-electron chi connectivity index (χ4n) is 1.52. The molecule has 0 aliphatic heterocycles. The van der Waals surface area contributed by atoms with Crippen LogP contribution in [-0.4, -0.2) is 15.5 Å². The number of nitrogens with one attached hydrogen (secondary N) is 1. The van der Waals surface area contributed by atoms with Crippen LogP contribution in [0.3, 0.4) is 0 Å². The molecule has 1 N–H and O–H groups in total. The van der Waals surface area contributed by atoms with E-state index in [0.717, 1.165) is 20.7 Å². The molecule has 0 spiro atoms. The Kier molecular flexibility index (Phi) is 4.17. The smallest absolute Gasteiger partial charge is 0.271 e. The van der Waals surface area contributed by atoms with Gasteiger partial charge in [0.15, 0.2) is 0 Å². The van der Waals surface area contributed by atoms with Gasteiger partial charge in [-0.1, -0.05) is 6.07 Å². The van der Waals surface area contributed by atoms with E-state index in [0.29, 0.717) is 11.4 Å². The van der Waals surface area contributed by atoms with Crippen LogP contribution in [-0.2, 0) is 10.0 Å². The number of benzene rings is 1. The maximum atomic E-state index is 12.2. The van der Waals surface area contributed by atoms with Gasteiger partial charge in [0, 0.05) is 0 Å². The van der Waals surface area contributed by atoms with Crippen LogP contribution in [0.5, 0.6) is 5.75 Å². The lowest BCUT2D eigenvalue weighted by molar-refractivity contribution is 0.416. The molecule has 2 aromatic rings. The monoisotopic (exact) mass is 361 g/mol. The van der Waals surface area contributed by atoms with Crippen LogP contribution in [0, 0.1) is 6.92 Å². The number of methoxy groups -OCH3 is 1. The summed E-state index contributed by atoms with van der Waals surface area (Å²) in [7, 11) is -2.07. The first-order chi connectivity index (χ1) is 8.92. The van der Waals surface area contributed by atoms with Gasteiger partial charge in [0.25, 0.3) is 10.0 Å². The maximum Gasteiger partial charge on any atom is 0.271 e. The van der Waals surface area contributed by atoms with Gasteiger partial charge in [-0.3, -0.25) is 4.72 Å². The lowest BCUT2D eigenvalue weighted by Gasteiger charge is -2.11. The fraction of sp³-hybridized carbons (Fsp3) is 0.167. The lowest BCUT2D eigenvalue weighted by Crippen LogP contribution is -2.12. The van der Waals surface area contributed by atoms with Crippen molar-refractivity contribution in [3.8, 4) is 5.75 Å². The molecule has 0 fully saturated rings. The summed E-state index contributed by atoms with van der Waals surface area (Å²) in [5, 5.41) is 0. The summed E-state index contributed by atoms with van der Waals surface area (Å²) in [6.07, 6.45) is 0. The first-order valence-electron chi connectivity index (χ1n) is 5.35. The number of thiophene rings is 1. The van der Waals surface area contributed by atoms with E-state index in [4.69, 9.17) is 4.74 Å². The van der Waals surface area contributed by atoms with E-state index in [1.807, 2.05) is 13.0 Å². The van der Waals surface area contributed by atoms with Crippen molar-refractivity contribution in [2.75, 3.05) is 11.8 Å². The normalized spacial score (nSPS) is 11.3. The largest absolute Gasteiger partial charge is 0.495 e. The van der Waals surface area contributed by atoms with Crippen LogP contribution in [0.2, 0.25) is 0 Å². The predicted molar refractivity (Wildman–Crippen MR) is 80.6 cm³/mol. The van der Waals surface area contributed by atoms with E-state index in [9.17, 15) is 8.42 Å². The Balaban J connectivity index is 2.35. The summed E-state index contributed by atoms with van der Waals surface area (Å²) >= 11 is 4.41. The molecule has 0 amide bonds. The topological polar surface area (TPSA) is 55.4 Å². The van der Waals surface area contributed by atoms with Crippen molar-refractivity contribution < 1.29 is 13.2 Å². The molecule has 0 aliphatic rings. The molecule has 2 rings (SSSR count). The molecule has 1 aromatic heterocycles. The van der Waals surface area contributed by atoms with Crippen LogP contribution >= 0.6 is 27.3 Å². The average molecular weight is 362 g/mol. The Morgan fingerprint density at radius 1 is 1.26 bits per heavy atom. The van der Waals surface area contributed by atoms with Gasteiger partial charge in [-0.2, -0.15) is 0 Å². The zero-order valence-electron chi connectivity index (χ0n) is 10.3. The number of sulfonamides is 1. The number of anilines is 1. The maximum absolute atomic E-state index is 12.2. The molecule has 1 aromatic carbocycles. The molecule has 4 nitrogen and oxygen atoms in total. The highest BCUT2D eigenvalue weighted by Crippen LogP contribution is 2.31. The van der Waals surface area contributed by atoms with E-state index in [2.05, 4.69) is 20.7 Å². The number of halogens is 1. The Hall–Kier alpha value is -1.05. The van der Waals surface area contributed by atoms with Crippen molar-refractivity contribution in [1.82, 2.24) is 0 Å². The van der Waals surface area contributed by atoms with Crippen LogP contribution in [0.4, 0.5) is 5.69 Å². The highest BCUT2D eigenvalue weighted by Gasteiger charge is 2.18. The molecular formula is C12H12BrNO3S2. The van der Waals surface area contributed by atoms with Crippen molar-refractivity contribution in [2.24, 2.45) is 0 Å². The Morgan fingerprint density at radius 2 is 2.00 bits per heavy atom. The van der Waals surface area contributed by atoms with E-state index in [1.54, 1.807) is 24.3 Å². The molecule has 102 valence electrons. The minimum absolute atomic E-state index is 0.252. The highest BCUT2D eigenvalue weighted by molar-refractivity contribution is 9.11. The van der Waals surface area contributed by atoms with Gasteiger partial charge in [-0.05, 0) is 52.7 Å². The van der Waals surface area contributed by atoms with E-state index >= 15 is 0 Å². The van der Waals surface area contributed by atoms with Crippen LogP contribution in [0.15, 0.2) is 38.3 Å². The first-order valence-corrected chi connectivity index (χ1v) is 8.44. The number of hydrogen-bond donors (Lipinski definition) is 1. The number of rotatable bonds is 4. The lowest BCUT2D eigenvalue weighted by atomic mass is 10.2. The summed E-state index contributed by atoms with van der Waals surface area (Å²) in [5.74, 6) is 0.499. The second-order valence-corrected chi connectivity index (χ2v) is 8.24. The summed E-state index contributed by atoms with van der Waals surface area (Å²) < 4.78 is 33.1. The van der Waals surface area contributed by atoms with Crippen molar-refractivity contribution in [3.05, 3.63) is 39.7 Å². The Bertz CT molecular complexity index is 695. The molecule has 1 heterocycles. The zero-order valence-corrected chi connectivity index (χ0v) is 13.5. The van der Waals surface area contributed by atoms with Gasteiger partial charge in [0.05, 0.1) is 16.6 Å². The molecular weight excluding hydrogens is 350 g/mol. The summed E-state index contributed by atoms with van der Waals surface area (Å²) in [4.78, 5) is 0. The van der Waals surface area contributed by atoms with Gasteiger partial charge in [0.2, 0.25) is 0 Å². The number of ether oxygens (including phenoxy) is 1. The molecule has 19 heavy (non-hydrogen) atoms. The molecule has 0 aliphatic carbocycles. The second kappa shape index (κ2) is 5.52. The molecule has 0 radical (unpaired) electrons. The van der Waals surface area contributed by atoms with Gasteiger partial charge >= 0.3 is 0 Å². The third-order valence-corrected chi connectivity index (χ3v) is 5.90. The van der Waals surface area contributed by atoms with Crippen LogP contribution in [0.1, 0.15) is 5.56 Å². The molecule has 0 atom stereocenters. The number of aryl methyl sites for hydroxylation is 1. The minimum atomic E-state index is -3.58. The minimum Gasteiger partial charge on any atom is -0.495 e. The molecule has 0 unspecified atom stereocenters. The average Bonchev–Trinajstić information content (AvgIpc) is 2.79. The van der Waals surface area contributed by atoms with Gasteiger partial charge in [0.1, 0.15) is 9.96 Å². The molecule has 0 saturated heterocycles. The quantitative estimate of drug-likeness (QED) is 0.904. The molecule has 0 saturated carbocycles. The number of hydrogen-bond acceptors (Lipinski definition) is 4. The highest BCUT2D eigenvalue weighted by atomic mass is 79.9. The van der Waals surface area contributed by atoms with Gasteiger partial charge in [-0.25, -0.2) is 8.42 Å². The van der Waals surface area contributed by atoms with Crippen molar-refractivity contribution >= 4 is 43.0 Å². The SMILES string of the molecule is COc1cc(C)ccc1NS(=O)(=O)c1ccc(Br)s1. The van der Waals surface area contributed by atoms with Gasteiger partial charge in [-0.15, -0.1) is 11.3 Å². The van der Waals surface area contributed by atoms with Crippen molar-refractivity contribution in [3.63, 3.8) is 0 Å². The van der Waals surface area contributed by atoms with E-state index in [-0.39, 0.29) is 4.21 Å². The van der Waals surface area contributed by atoms with Gasteiger partial charge < -0.3 is 4.74 Å². The molecule has 0 bridgehead atoms. The van der Waals surface area contributed by atoms with E-state index in [1.165, 1.54) is 7.11 Å². The fourth-order valence-corrected chi connectivity index (χ4v) is 4.60. The third kappa shape index (κ3) is 3.29. The summed E-state index contributed by atoms with van der Waals surface area (Å²) in [6.45, 7) is 1.91. The Morgan fingerprint density at radius 3 is 2.58 bits per heavy atom. The Labute approximate surface area is 124 Å². The summed E-state index contributed by atoms with van der Waals surface area (Å²) in [6, 6.07) is 8.55. The predicted octanol–water partition coefficient (Wildman–Crippen LogP) is 3.63. The third-order valence-electron chi connectivity index (χ3n) is 2.41. The first kappa shape index (κ1) is 14.4. The molecule has 7 heteroatoms. The summed E-state index contributed by atoms with van der Waals surface area (Å²) in [5.41, 5.74) is 1.43. The van der Waals surface area contributed by atoms with E-state index < -0.39 is 10.0 Å². The van der Waals surface area contributed by atoms with Crippen LogP contribution in [0.25, 0.3) is 0 Å². The second-order valence-electron chi connectivity index (χ2n) is 3.87. The zero-order chi connectivity index (χ0) is 14.0.